The number of hydrogen-bond acceptors (Lipinski definition) is 13. The zero-order valence-corrected chi connectivity index (χ0v) is 28.5. The minimum Gasteiger partial charge on any atom is -0.492 e. The smallest absolute Gasteiger partial charge is 0.333 e. The molecule has 0 unspecified atom stereocenters. The van der Waals surface area contributed by atoms with Gasteiger partial charge in [-0.2, -0.15) is 5.26 Å². The summed E-state index contributed by atoms with van der Waals surface area (Å²) in [5, 5.41) is 10.8. The molecule has 13 nitrogen and oxygen atoms in total. The summed E-state index contributed by atoms with van der Waals surface area (Å²) in [5.41, 5.74) is 2.36. The molecule has 2 bridgehead atoms. The van der Waals surface area contributed by atoms with Crippen LogP contribution in [0.4, 0.5) is 0 Å². The van der Waals surface area contributed by atoms with Crippen LogP contribution < -0.4 is 14.2 Å². The molecule has 5 rings (SSSR count). The summed E-state index contributed by atoms with van der Waals surface area (Å²) in [5.74, 6) is -2.30. The van der Waals surface area contributed by atoms with Gasteiger partial charge in [0.15, 0.2) is 23.0 Å². The van der Waals surface area contributed by atoms with E-state index in [9.17, 15) is 29.2 Å². The topological polar surface area (TPSA) is 162 Å². The van der Waals surface area contributed by atoms with Crippen molar-refractivity contribution in [3.05, 3.63) is 50.8 Å². The summed E-state index contributed by atoms with van der Waals surface area (Å²) < 4.78 is 28.6. The molecule has 13 heteroatoms. The first-order valence-corrected chi connectivity index (χ1v) is 15.6. The molecule has 1 aromatic carbocycles. The number of allylic oxidation sites excluding steroid dienone is 3. The highest BCUT2D eigenvalue weighted by molar-refractivity contribution is 6.25. The molecule has 1 fully saturated rings. The lowest BCUT2D eigenvalue weighted by Crippen LogP contribution is -2.72. The van der Waals surface area contributed by atoms with Gasteiger partial charge in [-0.3, -0.25) is 29.0 Å². The number of fused-ring (bicyclic) bond motifs is 6. The minimum absolute atomic E-state index is 0.0404. The van der Waals surface area contributed by atoms with Crippen LogP contribution in [0.1, 0.15) is 63.8 Å². The highest BCUT2D eigenvalue weighted by Gasteiger charge is 2.59. The Balaban J connectivity index is 1.83. The molecular weight excluding hydrogens is 622 g/mol. The Morgan fingerprint density at radius 2 is 1.58 bits per heavy atom. The van der Waals surface area contributed by atoms with Crippen molar-refractivity contribution in [3.8, 4) is 23.3 Å². The zero-order chi connectivity index (χ0) is 35.4. The van der Waals surface area contributed by atoms with Crippen LogP contribution in [0.15, 0.2) is 34.1 Å². The monoisotopic (exact) mass is 661 g/mol. The van der Waals surface area contributed by atoms with Crippen LogP contribution in [-0.2, 0) is 39.9 Å². The summed E-state index contributed by atoms with van der Waals surface area (Å²) in [7, 11) is 4.54. The summed E-state index contributed by atoms with van der Waals surface area (Å²) in [4.78, 5) is 69.7. The van der Waals surface area contributed by atoms with Gasteiger partial charge >= 0.3 is 17.9 Å². The van der Waals surface area contributed by atoms with E-state index in [1.165, 1.54) is 28.1 Å². The van der Waals surface area contributed by atoms with Crippen LogP contribution in [-0.4, -0.2) is 91.3 Å². The van der Waals surface area contributed by atoms with Gasteiger partial charge in [-0.1, -0.05) is 6.08 Å². The van der Waals surface area contributed by atoms with Gasteiger partial charge in [-0.05, 0) is 47.6 Å². The number of benzene rings is 1. The Labute approximate surface area is 278 Å². The Morgan fingerprint density at radius 3 is 2.15 bits per heavy atom. The summed E-state index contributed by atoms with van der Waals surface area (Å²) in [6.07, 6.45) is 1.82. The van der Waals surface area contributed by atoms with Crippen LogP contribution in [0.2, 0.25) is 0 Å². The predicted octanol–water partition coefficient (Wildman–Crippen LogP) is 2.98. The number of piperazine rings is 1. The van der Waals surface area contributed by atoms with E-state index in [1.807, 2.05) is 16.8 Å². The molecule has 3 aliphatic heterocycles. The molecule has 1 aromatic rings. The molecule has 4 aliphatic rings. The Kier molecular flexibility index (Phi) is 9.36. The normalized spacial score (nSPS) is 25.4. The fraction of sp³-hybridized carbons (Fsp3) is 0.486. The molecule has 3 heterocycles. The number of nitrogens with zero attached hydrogens (tertiary/aromatic N) is 3. The Morgan fingerprint density at radius 1 is 0.938 bits per heavy atom. The van der Waals surface area contributed by atoms with Crippen molar-refractivity contribution in [2.45, 2.75) is 84.6 Å². The average Bonchev–Trinajstić information content (AvgIpc) is 3.03. The second kappa shape index (κ2) is 13.0. The van der Waals surface area contributed by atoms with E-state index in [0.717, 1.165) is 0 Å². The lowest BCUT2D eigenvalue weighted by Gasteiger charge is -2.60. The third-order valence-electron chi connectivity index (χ3n) is 9.83. The molecule has 5 atom stereocenters. The van der Waals surface area contributed by atoms with Gasteiger partial charge in [0.05, 0.1) is 32.4 Å². The SMILES string of the molecule is C/C=C(/C)C(=O)OC[C@H]1c2c(c(OC(C)=O)c(C)c(OC)c2OC(C)=O)C[C@H]2[C@H]3C4=C(C[C@H]([C@H](C#N)N12)N3C)C(=O)C(C)=C(OC)C4=O. The fourth-order valence-electron chi connectivity index (χ4n) is 7.69. The number of rotatable bonds is 7. The minimum atomic E-state index is -0.940. The number of nitriles is 1. The highest BCUT2D eigenvalue weighted by atomic mass is 16.6. The zero-order valence-electron chi connectivity index (χ0n) is 28.5. The molecule has 1 aliphatic carbocycles. The maximum Gasteiger partial charge on any atom is 0.333 e. The number of carbonyl (C=O) groups is 5. The second-order valence-electron chi connectivity index (χ2n) is 12.4. The van der Waals surface area contributed by atoms with E-state index in [2.05, 4.69) is 6.07 Å². The number of methoxy groups -OCH3 is 2. The van der Waals surface area contributed by atoms with Crippen LogP contribution in [0.5, 0.6) is 17.2 Å². The molecule has 0 spiro atoms. The maximum atomic E-state index is 14.1. The van der Waals surface area contributed by atoms with Crippen molar-refractivity contribution in [2.75, 3.05) is 27.9 Å². The largest absolute Gasteiger partial charge is 0.492 e. The van der Waals surface area contributed by atoms with Crippen molar-refractivity contribution < 1.29 is 47.7 Å². The number of esters is 3. The second-order valence-corrected chi connectivity index (χ2v) is 12.4. The van der Waals surface area contributed by atoms with E-state index < -0.39 is 53.9 Å². The first kappa shape index (κ1) is 34.5. The van der Waals surface area contributed by atoms with Gasteiger partial charge in [0, 0.05) is 64.9 Å². The number of Topliss-reactive ketones (excluding diaryl/α,β-unsaturated/α-hetero) is 2. The predicted molar refractivity (Wildman–Crippen MR) is 169 cm³/mol. The van der Waals surface area contributed by atoms with Gasteiger partial charge < -0.3 is 23.7 Å². The van der Waals surface area contributed by atoms with Gasteiger partial charge in [0.2, 0.25) is 5.78 Å². The number of hydrogen-bond donors (Lipinski definition) is 0. The molecule has 48 heavy (non-hydrogen) atoms. The molecule has 0 radical (unpaired) electrons. The van der Waals surface area contributed by atoms with Crippen LogP contribution in [0.3, 0.4) is 0 Å². The quantitative estimate of drug-likeness (QED) is 0.182. The Bertz CT molecular complexity index is 1780. The molecule has 1 saturated heterocycles. The van der Waals surface area contributed by atoms with E-state index in [4.69, 9.17) is 23.7 Å². The Hall–Kier alpha value is -4.80. The summed E-state index contributed by atoms with van der Waals surface area (Å²) in [6, 6.07) is -1.34. The average molecular weight is 662 g/mol. The van der Waals surface area contributed by atoms with Crippen LogP contribution >= 0.6 is 0 Å². The molecule has 0 aromatic heterocycles. The number of ketones is 2. The lowest BCUT2D eigenvalue weighted by atomic mass is 9.69. The van der Waals surface area contributed by atoms with Gasteiger partial charge in [-0.15, -0.1) is 0 Å². The van der Waals surface area contributed by atoms with Gasteiger partial charge in [-0.25, -0.2) is 4.79 Å². The van der Waals surface area contributed by atoms with Gasteiger partial charge in [0.1, 0.15) is 18.4 Å². The summed E-state index contributed by atoms with van der Waals surface area (Å²) in [6.45, 7) is 8.71. The lowest BCUT2D eigenvalue weighted by molar-refractivity contribution is -0.144. The molecular formula is C35H39N3O10. The molecule has 0 N–H and O–H groups in total. The maximum absolute atomic E-state index is 14.1. The van der Waals surface area contributed by atoms with E-state index in [0.29, 0.717) is 27.8 Å². The van der Waals surface area contributed by atoms with E-state index in [-0.39, 0.29) is 59.4 Å². The van der Waals surface area contributed by atoms with E-state index in [1.54, 1.807) is 33.8 Å². The van der Waals surface area contributed by atoms with Crippen molar-refractivity contribution in [3.63, 3.8) is 0 Å². The molecule has 0 amide bonds. The molecule has 254 valence electrons. The summed E-state index contributed by atoms with van der Waals surface area (Å²) >= 11 is 0. The standard InChI is InChI=1S/C35H39N3O10/c1-10-15(2)35(43)46-14-25-26-21(31(47-18(5)39)17(4)33(45-9)34(26)48-19(6)40)12-23-28-27-20(29(41)16(3)32(44-8)30(27)42)11-22(37(28)7)24(13-36)38(23)25/h10,22-25,28H,11-12,14H2,1-9H3/b15-10-/t22-,23+,24+,25+,28+/m1/s1. The fourth-order valence-corrected chi connectivity index (χ4v) is 7.69. The van der Waals surface area contributed by atoms with Crippen LogP contribution in [0, 0.1) is 18.3 Å². The van der Waals surface area contributed by atoms with Crippen molar-refractivity contribution in [1.82, 2.24) is 9.80 Å². The first-order chi connectivity index (χ1) is 22.7. The third kappa shape index (κ3) is 5.29. The number of ether oxygens (including phenoxy) is 5. The first-order valence-electron chi connectivity index (χ1n) is 15.6. The van der Waals surface area contributed by atoms with Crippen molar-refractivity contribution >= 4 is 29.5 Å². The van der Waals surface area contributed by atoms with Crippen molar-refractivity contribution in [2.24, 2.45) is 0 Å². The number of likely N-dealkylation sites (N-methyl/N-ethyl adjacent to an activating group) is 1. The highest BCUT2D eigenvalue weighted by Crippen LogP contribution is 2.55. The van der Waals surface area contributed by atoms with E-state index >= 15 is 0 Å². The van der Waals surface area contributed by atoms with Gasteiger partial charge in [0.25, 0.3) is 0 Å². The van der Waals surface area contributed by atoms with Crippen molar-refractivity contribution in [1.29, 1.82) is 5.26 Å². The van der Waals surface area contributed by atoms with Crippen LogP contribution in [0.25, 0.3) is 0 Å². The molecule has 0 saturated carbocycles. The third-order valence-corrected chi connectivity index (χ3v) is 9.83. The number of carbonyl (C=O) groups excluding carboxylic acids is 5.